The van der Waals surface area contributed by atoms with Gasteiger partial charge in [0, 0.05) is 42.8 Å². The van der Waals surface area contributed by atoms with Gasteiger partial charge in [-0.25, -0.2) is 4.98 Å². The van der Waals surface area contributed by atoms with Crippen molar-refractivity contribution >= 4 is 23.3 Å². The Morgan fingerprint density at radius 1 is 1.02 bits per heavy atom. The van der Waals surface area contributed by atoms with Gasteiger partial charge in [-0.05, 0) is 48.8 Å². The zero-order valence-corrected chi connectivity index (χ0v) is 26.1. The summed E-state index contributed by atoms with van der Waals surface area (Å²) in [7, 11) is 0. The quantitative estimate of drug-likeness (QED) is 0.161. The lowest BCUT2D eigenvalue weighted by atomic mass is 9.83. The maximum atomic E-state index is 13.2. The molecule has 0 bridgehead atoms. The zero-order valence-electron chi connectivity index (χ0n) is 26.1. The Labute approximate surface area is 261 Å². The lowest BCUT2D eigenvalue weighted by molar-refractivity contribution is -0.123. The highest BCUT2D eigenvalue weighted by Crippen LogP contribution is 2.51. The first-order chi connectivity index (χ1) is 21.5. The third-order valence-corrected chi connectivity index (χ3v) is 9.15. The molecule has 8 nitrogen and oxygen atoms in total. The van der Waals surface area contributed by atoms with E-state index in [2.05, 4.69) is 34.6 Å². The van der Waals surface area contributed by atoms with E-state index in [1.165, 1.54) is 57.8 Å². The number of anilines is 2. The number of carbonyl (C=O) groups is 2. The van der Waals surface area contributed by atoms with Gasteiger partial charge in [0.2, 0.25) is 11.8 Å². The summed E-state index contributed by atoms with van der Waals surface area (Å²) in [5.74, 6) is 0.251. The maximum absolute atomic E-state index is 13.2. The zero-order chi connectivity index (χ0) is 30.8. The summed E-state index contributed by atoms with van der Waals surface area (Å²) in [4.78, 5) is 32.1. The molecule has 232 valence electrons. The minimum atomic E-state index is -0.902. The van der Waals surface area contributed by atoms with Crippen molar-refractivity contribution in [2.24, 2.45) is 11.3 Å². The first kappa shape index (κ1) is 31.4. The third-order valence-electron chi connectivity index (χ3n) is 9.15. The number of aromatic nitrogens is 3. The van der Waals surface area contributed by atoms with E-state index in [-0.39, 0.29) is 24.2 Å². The van der Waals surface area contributed by atoms with Gasteiger partial charge in [0.1, 0.15) is 11.2 Å². The van der Waals surface area contributed by atoms with Crippen LogP contribution < -0.4 is 10.2 Å². The number of pyridine rings is 1. The molecule has 44 heavy (non-hydrogen) atoms. The van der Waals surface area contributed by atoms with Gasteiger partial charge < -0.3 is 10.2 Å². The van der Waals surface area contributed by atoms with E-state index in [1.54, 1.807) is 23.2 Å². The Bertz CT molecular complexity index is 1450. The van der Waals surface area contributed by atoms with Crippen LogP contribution in [0.5, 0.6) is 0 Å². The van der Waals surface area contributed by atoms with Crippen LogP contribution in [0.15, 0.2) is 55.0 Å². The summed E-state index contributed by atoms with van der Waals surface area (Å²) in [5.41, 5.74) is 2.74. The highest BCUT2D eigenvalue weighted by atomic mass is 16.2. The van der Waals surface area contributed by atoms with Crippen molar-refractivity contribution in [2.45, 2.75) is 103 Å². The largest absolute Gasteiger partial charge is 0.311 e. The molecule has 2 amide bonds. The maximum Gasteiger partial charge on any atom is 0.247 e. The van der Waals surface area contributed by atoms with Crippen molar-refractivity contribution in [1.29, 1.82) is 5.26 Å². The number of hydrogen-bond acceptors (Lipinski definition) is 5. The Balaban J connectivity index is 1.08. The summed E-state index contributed by atoms with van der Waals surface area (Å²) in [5, 5.41) is 17.2. The number of amides is 2. The van der Waals surface area contributed by atoms with Crippen LogP contribution in [0.1, 0.15) is 96.0 Å². The molecule has 0 spiro atoms. The Hall–Kier alpha value is -3.99. The van der Waals surface area contributed by atoms with Crippen LogP contribution in [0.4, 0.5) is 11.5 Å². The number of aryl methyl sites for hydroxylation is 1. The van der Waals surface area contributed by atoms with Crippen LogP contribution in [0.2, 0.25) is 0 Å². The summed E-state index contributed by atoms with van der Waals surface area (Å²) in [6, 6.07) is 13.8. The van der Waals surface area contributed by atoms with Gasteiger partial charge in [0.25, 0.3) is 0 Å². The fourth-order valence-electron chi connectivity index (χ4n) is 6.42. The molecule has 1 aromatic carbocycles. The fraction of sp³-hybridized carbons (Fsp3) is 0.528. The fourth-order valence-corrected chi connectivity index (χ4v) is 6.42. The van der Waals surface area contributed by atoms with E-state index < -0.39 is 5.41 Å². The van der Waals surface area contributed by atoms with Crippen molar-refractivity contribution in [3.63, 3.8) is 0 Å². The molecule has 3 heterocycles. The predicted molar refractivity (Wildman–Crippen MR) is 174 cm³/mol. The number of nitrogens with zero attached hydrogens (tertiary/aromatic N) is 5. The smallest absolute Gasteiger partial charge is 0.247 e. The second-order valence-corrected chi connectivity index (χ2v) is 12.6. The molecule has 1 saturated carbocycles. The molecule has 2 aromatic heterocycles. The van der Waals surface area contributed by atoms with Crippen molar-refractivity contribution in [3.05, 3.63) is 60.6 Å². The molecule has 0 unspecified atom stereocenters. The van der Waals surface area contributed by atoms with E-state index in [1.807, 2.05) is 35.1 Å². The second-order valence-electron chi connectivity index (χ2n) is 12.6. The summed E-state index contributed by atoms with van der Waals surface area (Å²) < 4.78 is 2.02. The average molecular weight is 595 g/mol. The Morgan fingerprint density at radius 2 is 1.77 bits per heavy atom. The van der Waals surface area contributed by atoms with Gasteiger partial charge in [-0.3, -0.25) is 14.3 Å². The van der Waals surface area contributed by atoms with Gasteiger partial charge in [-0.1, -0.05) is 89.0 Å². The lowest BCUT2D eigenvalue weighted by Gasteiger charge is -2.21. The van der Waals surface area contributed by atoms with Crippen LogP contribution in [0.3, 0.4) is 0 Å². The topological polar surface area (TPSA) is 104 Å². The van der Waals surface area contributed by atoms with Crippen LogP contribution in [0, 0.1) is 22.7 Å². The molecule has 0 radical (unpaired) electrons. The SMILES string of the molecule is CCCCCCCCCCCCn1cc(-c2cccc(CC(=O)Nc3cc(N4CC[C@@](C#N)(C5CC5)C4=O)ccn3)c2)cn1. The molecule has 2 fully saturated rings. The van der Waals surface area contributed by atoms with Crippen molar-refractivity contribution in [1.82, 2.24) is 14.8 Å². The molecule has 1 aliphatic carbocycles. The van der Waals surface area contributed by atoms with Crippen LogP contribution in [-0.4, -0.2) is 33.1 Å². The molecule has 1 saturated heterocycles. The number of benzene rings is 1. The molecule has 3 aromatic rings. The highest BCUT2D eigenvalue weighted by molar-refractivity contribution is 6.02. The van der Waals surface area contributed by atoms with E-state index in [4.69, 9.17) is 0 Å². The molecule has 8 heteroatoms. The van der Waals surface area contributed by atoms with Gasteiger partial charge in [-0.2, -0.15) is 10.4 Å². The molecule has 5 rings (SSSR count). The van der Waals surface area contributed by atoms with Crippen LogP contribution >= 0.6 is 0 Å². The molecule has 1 aliphatic heterocycles. The second kappa shape index (κ2) is 15.1. The van der Waals surface area contributed by atoms with Crippen molar-refractivity contribution in [3.8, 4) is 17.2 Å². The number of hydrogen-bond donors (Lipinski definition) is 1. The van der Waals surface area contributed by atoms with Crippen molar-refractivity contribution < 1.29 is 9.59 Å². The minimum absolute atomic E-state index is 0.130. The summed E-state index contributed by atoms with van der Waals surface area (Å²) >= 11 is 0. The van der Waals surface area contributed by atoms with E-state index in [0.29, 0.717) is 24.5 Å². The van der Waals surface area contributed by atoms with Crippen LogP contribution in [0.25, 0.3) is 11.1 Å². The van der Waals surface area contributed by atoms with E-state index in [9.17, 15) is 14.9 Å². The molecule has 1 N–H and O–H groups in total. The van der Waals surface area contributed by atoms with Crippen LogP contribution in [-0.2, 0) is 22.6 Å². The third kappa shape index (κ3) is 7.93. The number of nitriles is 1. The predicted octanol–water partition coefficient (Wildman–Crippen LogP) is 7.70. The molecular weight excluding hydrogens is 548 g/mol. The molecular formula is C36H46N6O2. The first-order valence-electron chi connectivity index (χ1n) is 16.6. The first-order valence-corrected chi connectivity index (χ1v) is 16.6. The normalized spacial score (nSPS) is 18.0. The summed E-state index contributed by atoms with van der Waals surface area (Å²) in [6.07, 6.45) is 21.4. The summed E-state index contributed by atoms with van der Waals surface area (Å²) in [6.45, 7) is 3.69. The average Bonchev–Trinajstić information content (AvgIpc) is 3.68. The van der Waals surface area contributed by atoms with E-state index >= 15 is 0 Å². The monoisotopic (exact) mass is 594 g/mol. The van der Waals surface area contributed by atoms with Gasteiger partial charge in [0.15, 0.2) is 0 Å². The van der Waals surface area contributed by atoms with Gasteiger partial charge >= 0.3 is 0 Å². The van der Waals surface area contributed by atoms with Gasteiger partial charge in [0.05, 0.1) is 18.7 Å². The molecule has 2 aliphatic rings. The Kier molecular flexibility index (Phi) is 10.8. The van der Waals surface area contributed by atoms with E-state index in [0.717, 1.165) is 42.5 Å². The van der Waals surface area contributed by atoms with Gasteiger partial charge in [-0.15, -0.1) is 0 Å². The number of unbranched alkanes of at least 4 members (excludes halogenated alkanes) is 9. The number of nitrogens with one attached hydrogen (secondary N) is 1. The highest BCUT2D eigenvalue weighted by Gasteiger charge is 2.56. The molecule has 1 atom stereocenters. The number of rotatable bonds is 17. The van der Waals surface area contributed by atoms with Crippen molar-refractivity contribution in [2.75, 3.05) is 16.8 Å². The lowest BCUT2D eigenvalue weighted by Crippen LogP contribution is -2.35. The number of carbonyl (C=O) groups excluding carboxylic acids is 2. The standard InChI is InChI=1S/C36H46N6O2/c1-2-3-4-5-6-7-8-9-10-11-20-41-26-30(25-39-41)29-14-12-13-28(22-29)23-34(43)40-33-24-32(17-19-38-33)42-21-18-36(27-37,35(42)44)31-15-16-31/h12-14,17,19,22,24-26,31H,2-11,15-16,18,20-21,23H2,1H3,(H,38,40,43)/t36-/m1/s1. The Morgan fingerprint density at radius 3 is 2.50 bits per heavy atom. The minimum Gasteiger partial charge on any atom is -0.311 e.